The highest BCUT2D eigenvalue weighted by Gasteiger charge is 2.21. The van der Waals surface area contributed by atoms with Gasteiger partial charge < -0.3 is 15.8 Å². The minimum Gasteiger partial charge on any atom is -0.378 e. The van der Waals surface area contributed by atoms with E-state index in [0.717, 1.165) is 11.1 Å². The lowest BCUT2D eigenvalue weighted by atomic mass is 10.0. The smallest absolute Gasteiger partial charge is 0.227 e. The third-order valence-corrected chi connectivity index (χ3v) is 2.91. The highest BCUT2D eigenvalue weighted by Crippen LogP contribution is 2.19. The van der Waals surface area contributed by atoms with Crippen molar-refractivity contribution in [2.24, 2.45) is 5.73 Å². The molecular weight excluding hydrogens is 252 g/mol. The van der Waals surface area contributed by atoms with Gasteiger partial charge in [0.2, 0.25) is 5.91 Å². The van der Waals surface area contributed by atoms with Crippen molar-refractivity contribution in [1.29, 1.82) is 0 Å². The van der Waals surface area contributed by atoms with E-state index in [1.54, 1.807) is 7.11 Å². The molecule has 1 aromatic carbocycles. The average molecular weight is 274 g/mol. The van der Waals surface area contributed by atoms with Crippen molar-refractivity contribution in [1.82, 2.24) is 0 Å². The zero-order valence-corrected chi connectivity index (χ0v) is 12.5. The molecule has 20 heavy (non-hydrogen) atoms. The first-order chi connectivity index (χ1) is 9.38. The van der Waals surface area contributed by atoms with Gasteiger partial charge in [-0.05, 0) is 38.5 Å². The normalized spacial score (nSPS) is 10.7. The maximum atomic E-state index is 12.1. The van der Waals surface area contributed by atoms with E-state index in [9.17, 15) is 4.79 Å². The molecule has 0 fully saturated rings. The Balaban J connectivity index is 2.90. The van der Waals surface area contributed by atoms with Crippen LogP contribution in [-0.4, -0.2) is 25.2 Å². The van der Waals surface area contributed by atoms with Crippen LogP contribution < -0.4 is 11.1 Å². The summed E-state index contributed by atoms with van der Waals surface area (Å²) in [5, 5.41) is 2.89. The summed E-state index contributed by atoms with van der Waals surface area (Å²) in [6.07, 6.45) is 0.279. The highest BCUT2D eigenvalue weighted by atomic mass is 16.5. The van der Waals surface area contributed by atoms with Crippen LogP contribution in [0.2, 0.25) is 0 Å². The van der Waals surface area contributed by atoms with E-state index >= 15 is 0 Å². The maximum Gasteiger partial charge on any atom is 0.227 e. The van der Waals surface area contributed by atoms with Crippen molar-refractivity contribution in [3.63, 3.8) is 0 Å². The molecule has 3 N–H and O–H groups in total. The summed E-state index contributed by atoms with van der Waals surface area (Å²) in [5.41, 5.74) is 7.43. The number of hydrogen-bond donors (Lipinski definition) is 2. The van der Waals surface area contributed by atoms with Crippen LogP contribution in [0, 0.1) is 18.8 Å². The molecule has 0 bridgehead atoms. The van der Waals surface area contributed by atoms with Gasteiger partial charge in [0.05, 0.1) is 24.3 Å². The molecule has 0 saturated heterocycles. The Morgan fingerprint density at radius 2 is 2.15 bits per heavy atom. The minimum atomic E-state index is -0.489. The Labute approximate surface area is 120 Å². The number of ether oxygens (including phenoxy) is 1. The van der Waals surface area contributed by atoms with Crippen LogP contribution in [0.15, 0.2) is 18.2 Å². The fraction of sp³-hybridized carbons (Fsp3) is 0.438. The number of methoxy groups -OCH3 is 1. The van der Waals surface area contributed by atoms with Crippen molar-refractivity contribution in [3.8, 4) is 11.8 Å². The summed E-state index contributed by atoms with van der Waals surface area (Å²) in [4.78, 5) is 12.1. The molecule has 1 rings (SSSR count). The third kappa shape index (κ3) is 5.04. The highest BCUT2D eigenvalue weighted by molar-refractivity contribution is 5.92. The van der Waals surface area contributed by atoms with Crippen molar-refractivity contribution < 1.29 is 9.53 Å². The first kappa shape index (κ1) is 16.2. The summed E-state index contributed by atoms with van der Waals surface area (Å²) >= 11 is 0. The third-order valence-electron chi connectivity index (χ3n) is 2.91. The number of nitrogens with one attached hydrogen (secondary N) is 1. The lowest BCUT2D eigenvalue weighted by molar-refractivity contribution is -0.121. The Morgan fingerprint density at radius 3 is 2.75 bits per heavy atom. The van der Waals surface area contributed by atoms with Crippen LogP contribution in [0.5, 0.6) is 0 Å². The van der Waals surface area contributed by atoms with Gasteiger partial charge in [0, 0.05) is 12.7 Å². The molecule has 0 aliphatic heterocycles. The molecule has 1 aromatic rings. The Bertz CT molecular complexity index is 539. The van der Waals surface area contributed by atoms with E-state index in [0.29, 0.717) is 5.69 Å². The molecular formula is C16H22N2O2. The molecule has 0 saturated carbocycles. The van der Waals surface area contributed by atoms with Crippen molar-refractivity contribution >= 4 is 11.6 Å². The summed E-state index contributed by atoms with van der Waals surface area (Å²) in [6.45, 7) is 6.00. The molecule has 0 aliphatic carbocycles. The second-order valence-corrected chi connectivity index (χ2v) is 5.24. The Hall–Kier alpha value is -1.83. The van der Waals surface area contributed by atoms with E-state index in [2.05, 4.69) is 17.2 Å². The van der Waals surface area contributed by atoms with E-state index < -0.39 is 5.60 Å². The summed E-state index contributed by atoms with van der Waals surface area (Å²) < 4.78 is 5.26. The molecule has 108 valence electrons. The van der Waals surface area contributed by atoms with E-state index in [1.807, 2.05) is 39.0 Å². The van der Waals surface area contributed by atoms with Gasteiger partial charge in [-0.1, -0.05) is 17.9 Å². The van der Waals surface area contributed by atoms with Crippen LogP contribution in [0.1, 0.15) is 31.4 Å². The van der Waals surface area contributed by atoms with Gasteiger partial charge in [0.15, 0.2) is 0 Å². The predicted molar refractivity (Wildman–Crippen MR) is 81.4 cm³/mol. The summed E-state index contributed by atoms with van der Waals surface area (Å²) in [6, 6.07) is 5.74. The standard InChI is InChI=1S/C16H22N2O2/c1-12-7-8-13(6-5-9-17)14(10-12)18-15(19)11-16(2,3)20-4/h7-8,10H,9,11,17H2,1-4H3,(H,18,19). The Morgan fingerprint density at radius 1 is 1.45 bits per heavy atom. The zero-order valence-electron chi connectivity index (χ0n) is 12.5. The number of nitrogens with two attached hydrogens (primary N) is 1. The number of anilines is 1. The van der Waals surface area contributed by atoms with Crippen LogP contribution >= 0.6 is 0 Å². The van der Waals surface area contributed by atoms with Gasteiger partial charge in [-0.25, -0.2) is 0 Å². The number of carbonyl (C=O) groups is 1. The van der Waals surface area contributed by atoms with Gasteiger partial charge in [-0.3, -0.25) is 4.79 Å². The number of rotatable bonds is 4. The molecule has 4 heteroatoms. The lowest BCUT2D eigenvalue weighted by Crippen LogP contribution is -2.29. The van der Waals surface area contributed by atoms with Gasteiger partial charge in [0.1, 0.15) is 0 Å². The molecule has 0 spiro atoms. The molecule has 0 aromatic heterocycles. The fourth-order valence-electron chi connectivity index (χ4n) is 1.67. The van der Waals surface area contributed by atoms with Crippen LogP contribution in [0.25, 0.3) is 0 Å². The van der Waals surface area contributed by atoms with Crippen LogP contribution in [-0.2, 0) is 9.53 Å². The average Bonchev–Trinajstić information content (AvgIpc) is 2.37. The topological polar surface area (TPSA) is 64.3 Å². The number of carbonyl (C=O) groups excluding carboxylic acids is 1. The zero-order chi connectivity index (χ0) is 15.2. The Kier molecular flexibility index (Phi) is 5.75. The SMILES string of the molecule is COC(C)(C)CC(=O)Nc1cc(C)ccc1C#CCN. The van der Waals surface area contributed by atoms with E-state index in [1.165, 1.54) is 0 Å². The monoisotopic (exact) mass is 274 g/mol. The van der Waals surface area contributed by atoms with Crippen molar-refractivity contribution in [2.45, 2.75) is 32.8 Å². The fourth-order valence-corrected chi connectivity index (χ4v) is 1.67. The maximum absolute atomic E-state index is 12.1. The number of amides is 1. The molecule has 0 radical (unpaired) electrons. The second kappa shape index (κ2) is 7.09. The molecule has 0 unspecified atom stereocenters. The van der Waals surface area contributed by atoms with Crippen LogP contribution in [0.4, 0.5) is 5.69 Å². The molecule has 0 heterocycles. The van der Waals surface area contributed by atoms with E-state index in [-0.39, 0.29) is 18.9 Å². The summed E-state index contributed by atoms with van der Waals surface area (Å²) in [5.74, 6) is 5.66. The van der Waals surface area contributed by atoms with Gasteiger partial charge >= 0.3 is 0 Å². The van der Waals surface area contributed by atoms with Crippen molar-refractivity contribution in [3.05, 3.63) is 29.3 Å². The quantitative estimate of drug-likeness (QED) is 0.826. The van der Waals surface area contributed by atoms with Crippen molar-refractivity contribution in [2.75, 3.05) is 19.0 Å². The molecule has 4 nitrogen and oxygen atoms in total. The van der Waals surface area contributed by atoms with Crippen LogP contribution in [0.3, 0.4) is 0 Å². The first-order valence-corrected chi connectivity index (χ1v) is 6.52. The number of hydrogen-bond acceptors (Lipinski definition) is 3. The number of aryl methyl sites for hydroxylation is 1. The van der Waals surface area contributed by atoms with Gasteiger partial charge in [-0.2, -0.15) is 0 Å². The molecule has 0 atom stereocenters. The predicted octanol–water partition coefficient (Wildman–Crippen LogP) is 2.06. The molecule has 0 aliphatic rings. The second-order valence-electron chi connectivity index (χ2n) is 5.24. The van der Waals surface area contributed by atoms with Gasteiger partial charge in [-0.15, -0.1) is 0 Å². The van der Waals surface area contributed by atoms with E-state index in [4.69, 9.17) is 10.5 Å². The lowest BCUT2D eigenvalue weighted by Gasteiger charge is -2.22. The first-order valence-electron chi connectivity index (χ1n) is 6.52. The number of benzene rings is 1. The van der Waals surface area contributed by atoms with Gasteiger partial charge in [0.25, 0.3) is 0 Å². The minimum absolute atomic E-state index is 0.0988. The largest absolute Gasteiger partial charge is 0.378 e. The summed E-state index contributed by atoms with van der Waals surface area (Å²) in [7, 11) is 1.60. The molecule has 1 amide bonds.